The first-order valence-electron chi connectivity index (χ1n) is 7.99. The van der Waals surface area contributed by atoms with Crippen LogP contribution in [-0.2, 0) is 0 Å². The van der Waals surface area contributed by atoms with Crippen LogP contribution in [0.25, 0.3) is 0 Å². The molecule has 0 unspecified atom stereocenters. The van der Waals surface area contributed by atoms with Gasteiger partial charge in [-0.25, -0.2) is 0 Å². The van der Waals surface area contributed by atoms with Crippen molar-refractivity contribution in [3.8, 4) is 5.75 Å². The Hall–Kier alpha value is -2.42. The Morgan fingerprint density at radius 2 is 1.30 bits per heavy atom. The van der Waals surface area contributed by atoms with Crippen molar-refractivity contribution in [3.05, 3.63) is 65.2 Å². The maximum absolute atomic E-state index is 5.52. The molecular weight excluding hydrogens is 284 g/mol. The monoisotopic (exact) mass is 306 g/mol. The SMILES string of the molecule is CCOc1ccc(C2=NC(C)(C)N=C2c2ccc(C)cc2)cc1. The van der Waals surface area contributed by atoms with Crippen molar-refractivity contribution >= 4 is 11.4 Å². The van der Waals surface area contributed by atoms with Gasteiger partial charge >= 0.3 is 0 Å². The fourth-order valence-electron chi connectivity index (χ4n) is 2.67. The van der Waals surface area contributed by atoms with Crippen LogP contribution in [0.15, 0.2) is 58.5 Å². The Kier molecular flexibility index (Phi) is 4.03. The minimum atomic E-state index is -0.422. The third-order valence-electron chi connectivity index (χ3n) is 3.76. The fraction of sp³-hybridized carbons (Fsp3) is 0.300. The Labute approximate surface area is 137 Å². The fourth-order valence-corrected chi connectivity index (χ4v) is 2.67. The van der Waals surface area contributed by atoms with E-state index in [0.29, 0.717) is 6.61 Å². The lowest BCUT2D eigenvalue weighted by molar-refractivity contribution is 0.340. The summed E-state index contributed by atoms with van der Waals surface area (Å²) in [6, 6.07) is 16.5. The molecule has 23 heavy (non-hydrogen) atoms. The van der Waals surface area contributed by atoms with E-state index in [-0.39, 0.29) is 0 Å². The lowest BCUT2D eigenvalue weighted by atomic mass is 9.99. The van der Waals surface area contributed by atoms with Gasteiger partial charge < -0.3 is 4.74 Å². The highest BCUT2D eigenvalue weighted by Gasteiger charge is 2.28. The van der Waals surface area contributed by atoms with Gasteiger partial charge in [-0.15, -0.1) is 0 Å². The van der Waals surface area contributed by atoms with Gasteiger partial charge in [0.05, 0.1) is 18.0 Å². The topological polar surface area (TPSA) is 34.0 Å². The molecule has 2 aromatic carbocycles. The van der Waals surface area contributed by atoms with Gasteiger partial charge in [0.25, 0.3) is 0 Å². The van der Waals surface area contributed by atoms with Gasteiger partial charge in [0.2, 0.25) is 0 Å². The second-order valence-corrected chi connectivity index (χ2v) is 6.24. The van der Waals surface area contributed by atoms with Crippen molar-refractivity contribution in [2.24, 2.45) is 9.98 Å². The van der Waals surface area contributed by atoms with Crippen molar-refractivity contribution in [3.63, 3.8) is 0 Å². The standard InChI is InChI=1S/C20H22N2O/c1-5-23-17-12-10-16(11-13-17)19-18(21-20(3,4)22-19)15-8-6-14(2)7-9-15/h6-13H,5H2,1-4H3. The summed E-state index contributed by atoms with van der Waals surface area (Å²) < 4.78 is 5.52. The van der Waals surface area contributed by atoms with Crippen LogP contribution in [0.1, 0.15) is 37.5 Å². The zero-order chi connectivity index (χ0) is 16.4. The second-order valence-electron chi connectivity index (χ2n) is 6.24. The number of benzene rings is 2. The summed E-state index contributed by atoms with van der Waals surface area (Å²) in [4.78, 5) is 9.64. The third-order valence-corrected chi connectivity index (χ3v) is 3.76. The molecule has 0 aliphatic carbocycles. The number of aliphatic imine (C=N–C) groups is 2. The van der Waals surface area contributed by atoms with Gasteiger partial charge in [0, 0.05) is 11.1 Å². The second kappa shape index (κ2) is 5.99. The molecule has 0 N–H and O–H groups in total. The normalized spacial score (nSPS) is 16.0. The Balaban J connectivity index is 1.99. The quantitative estimate of drug-likeness (QED) is 0.823. The summed E-state index contributed by atoms with van der Waals surface area (Å²) in [6.45, 7) is 8.81. The van der Waals surface area contributed by atoms with E-state index in [1.807, 2.05) is 32.9 Å². The molecule has 3 rings (SSSR count). The van der Waals surface area contributed by atoms with Crippen molar-refractivity contribution in [1.29, 1.82) is 0 Å². The molecule has 2 aromatic rings. The number of rotatable bonds is 4. The van der Waals surface area contributed by atoms with Gasteiger partial charge in [-0.2, -0.15) is 0 Å². The summed E-state index contributed by atoms with van der Waals surface area (Å²) in [5.74, 6) is 0.878. The van der Waals surface area contributed by atoms with Crippen molar-refractivity contribution < 1.29 is 4.74 Å². The van der Waals surface area contributed by atoms with Crippen LogP contribution in [0, 0.1) is 6.92 Å². The maximum atomic E-state index is 5.52. The number of hydrogen-bond acceptors (Lipinski definition) is 3. The smallest absolute Gasteiger partial charge is 0.146 e. The van der Waals surface area contributed by atoms with Crippen LogP contribution < -0.4 is 4.74 Å². The molecule has 1 heterocycles. The van der Waals surface area contributed by atoms with E-state index in [4.69, 9.17) is 14.7 Å². The number of aryl methyl sites for hydroxylation is 1. The first kappa shape index (κ1) is 15.5. The van der Waals surface area contributed by atoms with Crippen molar-refractivity contribution in [1.82, 2.24) is 0 Å². The minimum absolute atomic E-state index is 0.422. The molecule has 0 fully saturated rings. The minimum Gasteiger partial charge on any atom is -0.494 e. The third kappa shape index (κ3) is 3.34. The first-order chi connectivity index (χ1) is 11.0. The zero-order valence-electron chi connectivity index (χ0n) is 14.1. The van der Waals surface area contributed by atoms with Crippen molar-refractivity contribution in [2.75, 3.05) is 6.61 Å². The van der Waals surface area contributed by atoms with Gasteiger partial charge in [-0.3, -0.25) is 9.98 Å². The summed E-state index contributed by atoms with van der Waals surface area (Å²) >= 11 is 0. The van der Waals surface area contributed by atoms with Gasteiger partial charge in [-0.1, -0.05) is 29.8 Å². The molecule has 0 aromatic heterocycles. The highest BCUT2D eigenvalue weighted by molar-refractivity contribution is 6.54. The van der Waals surface area contributed by atoms with E-state index in [1.165, 1.54) is 5.56 Å². The summed E-state index contributed by atoms with van der Waals surface area (Å²) in [5.41, 5.74) is 4.90. The zero-order valence-corrected chi connectivity index (χ0v) is 14.1. The molecule has 1 aliphatic heterocycles. The predicted octanol–water partition coefficient (Wildman–Crippen LogP) is 4.42. The number of hydrogen-bond donors (Lipinski definition) is 0. The molecule has 0 amide bonds. The van der Waals surface area contributed by atoms with Crippen LogP contribution in [0.5, 0.6) is 5.75 Å². The van der Waals surface area contributed by atoms with E-state index in [2.05, 4.69) is 43.3 Å². The summed E-state index contributed by atoms with van der Waals surface area (Å²) in [6.07, 6.45) is 0. The Morgan fingerprint density at radius 3 is 1.78 bits per heavy atom. The molecule has 0 saturated carbocycles. The molecule has 0 spiro atoms. The van der Waals surface area contributed by atoms with Crippen LogP contribution >= 0.6 is 0 Å². The molecule has 1 aliphatic rings. The summed E-state index contributed by atoms with van der Waals surface area (Å²) in [7, 11) is 0. The molecule has 3 nitrogen and oxygen atoms in total. The molecule has 118 valence electrons. The Morgan fingerprint density at radius 1 is 0.826 bits per heavy atom. The molecule has 3 heteroatoms. The molecule has 0 atom stereocenters. The average molecular weight is 306 g/mol. The van der Waals surface area contributed by atoms with Crippen LogP contribution in [0.4, 0.5) is 0 Å². The Bertz CT molecular complexity index is 753. The predicted molar refractivity (Wildman–Crippen MR) is 95.9 cm³/mol. The van der Waals surface area contributed by atoms with Gasteiger partial charge in [0.1, 0.15) is 11.4 Å². The number of nitrogens with zero attached hydrogens (tertiary/aromatic N) is 2. The lowest BCUT2D eigenvalue weighted by Gasteiger charge is -2.08. The summed E-state index contributed by atoms with van der Waals surface area (Å²) in [5, 5.41) is 0. The van der Waals surface area contributed by atoms with Crippen molar-refractivity contribution in [2.45, 2.75) is 33.4 Å². The van der Waals surface area contributed by atoms with E-state index < -0.39 is 5.66 Å². The van der Waals surface area contributed by atoms with Gasteiger partial charge in [-0.05, 0) is 52.0 Å². The van der Waals surface area contributed by atoms with Crippen LogP contribution in [-0.4, -0.2) is 23.7 Å². The number of ether oxygens (including phenoxy) is 1. The van der Waals surface area contributed by atoms with E-state index in [0.717, 1.165) is 28.3 Å². The van der Waals surface area contributed by atoms with E-state index >= 15 is 0 Å². The highest BCUT2D eigenvalue weighted by Crippen LogP contribution is 2.26. The van der Waals surface area contributed by atoms with Crippen LogP contribution in [0.3, 0.4) is 0 Å². The van der Waals surface area contributed by atoms with E-state index in [9.17, 15) is 0 Å². The van der Waals surface area contributed by atoms with E-state index in [1.54, 1.807) is 0 Å². The lowest BCUT2D eigenvalue weighted by Crippen LogP contribution is -2.14. The highest BCUT2D eigenvalue weighted by atomic mass is 16.5. The first-order valence-corrected chi connectivity index (χ1v) is 7.99. The maximum Gasteiger partial charge on any atom is 0.146 e. The molecule has 0 bridgehead atoms. The van der Waals surface area contributed by atoms with Gasteiger partial charge in [0.15, 0.2) is 0 Å². The molecule has 0 radical (unpaired) electrons. The van der Waals surface area contributed by atoms with Crippen LogP contribution in [0.2, 0.25) is 0 Å². The average Bonchev–Trinajstić information content (AvgIpc) is 2.85. The molecular formula is C20H22N2O. The molecule has 0 saturated heterocycles. The largest absolute Gasteiger partial charge is 0.494 e.